The molecule has 2 saturated heterocycles. The van der Waals surface area contributed by atoms with E-state index in [2.05, 4.69) is 15.6 Å². The summed E-state index contributed by atoms with van der Waals surface area (Å²) in [6, 6.07) is 11.5. The summed E-state index contributed by atoms with van der Waals surface area (Å²) in [6.07, 6.45) is 6.44. The number of hydrogen-bond donors (Lipinski definition) is 2. The van der Waals surface area contributed by atoms with Crippen LogP contribution in [0.2, 0.25) is 0 Å². The lowest BCUT2D eigenvalue weighted by molar-refractivity contribution is -0.132. The number of nitrogens with one attached hydrogen (secondary N) is 2. The number of benzene rings is 1. The fourth-order valence-corrected chi connectivity index (χ4v) is 4.82. The minimum Gasteiger partial charge on any atom is -0.360 e. The molecular formula is C20H20N4O2. The van der Waals surface area contributed by atoms with Crippen molar-refractivity contribution in [3.05, 3.63) is 59.9 Å². The van der Waals surface area contributed by atoms with Crippen LogP contribution in [0.4, 0.5) is 5.69 Å². The quantitative estimate of drug-likeness (QED) is 0.870. The molecule has 0 radical (unpaired) electrons. The van der Waals surface area contributed by atoms with Crippen molar-refractivity contribution in [3.63, 3.8) is 0 Å². The molecular weight excluding hydrogens is 328 g/mol. The van der Waals surface area contributed by atoms with Crippen LogP contribution in [0.15, 0.2) is 48.8 Å². The van der Waals surface area contributed by atoms with Crippen LogP contribution in [0.5, 0.6) is 0 Å². The fourth-order valence-electron chi connectivity index (χ4n) is 4.82. The van der Waals surface area contributed by atoms with E-state index in [-0.39, 0.29) is 23.9 Å². The number of aromatic nitrogens is 1. The maximum atomic E-state index is 13.0. The van der Waals surface area contributed by atoms with Crippen LogP contribution < -0.4 is 10.6 Å². The smallest absolute Gasteiger partial charge is 0.255 e. The van der Waals surface area contributed by atoms with Crippen LogP contribution in [0, 0.1) is 0 Å². The summed E-state index contributed by atoms with van der Waals surface area (Å²) in [5, 5.41) is 6.72. The number of amides is 2. The normalized spacial score (nSPS) is 28.6. The van der Waals surface area contributed by atoms with Crippen LogP contribution in [0.3, 0.4) is 0 Å². The Kier molecular flexibility index (Phi) is 3.29. The van der Waals surface area contributed by atoms with Crippen molar-refractivity contribution in [1.29, 1.82) is 0 Å². The summed E-state index contributed by atoms with van der Waals surface area (Å²) in [5.74, 6) is 0.0452. The first kappa shape index (κ1) is 15.4. The van der Waals surface area contributed by atoms with Gasteiger partial charge in [-0.25, -0.2) is 0 Å². The molecule has 0 unspecified atom stereocenters. The number of rotatable bonds is 2. The van der Waals surface area contributed by atoms with Crippen LogP contribution >= 0.6 is 0 Å². The zero-order chi connectivity index (χ0) is 17.7. The van der Waals surface area contributed by atoms with Gasteiger partial charge >= 0.3 is 0 Å². The van der Waals surface area contributed by atoms with Crippen molar-refractivity contribution >= 4 is 17.5 Å². The maximum Gasteiger partial charge on any atom is 0.255 e. The summed E-state index contributed by atoms with van der Waals surface area (Å²) >= 11 is 0. The highest BCUT2D eigenvalue weighted by Gasteiger charge is 2.59. The van der Waals surface area contributed by atoms with E-state index in [9.17, 15) is 9.59 Å². The Morgan fingerprint density at radius 1 is 1.19 bits per heavy atom. The van der Waals surface area contributed by atoms with E-state index in [0.717, 1.165) is 30.5 Å². The number of hydrogen-bond acceptors (Lipinski definition) is 4. The molecule has 5 rings (SSSR count). The molecule has 2 bridgehead atoms. The van der Waals surface area contributed by atoms with Gasteiger partial charge in [0.1, 0.15) is 5.66 Å². The summed E-state index contributed by atoms with van der Waals surface area (Å²) in [6.45, 7) is 0. The molecule has 4 heterocycles. The Morgan fingerprint density at radius 3 is 2.92 bits per heavy atom. The van der Waals surface area contributed by atoms with Crippen LogP contribution in [0.25, 0.3) is 0 Å². The number of fused-ring (bicyclic) bond motifs is 4. The first-order valence-corrected chi connectivity index (χ1v) is 9.06. The molecule has 1 aromatic carbocycles. The second-order valence-corrected chi connectivity index (χ2v) is 7.39. The second kappa shape index (κ2) is 5.56. The van der Waals surface area contributed by atoms with Crippen LogP contribution in [-0.2, 0) is 11.2 Å². The Morgan fingerprint density at radius 2 is 2.08 bits per heavy atom. The molecule has 1 aromatic heterocycles. The van der Waals surface area contributed by atoms with Crippen LogP contribution in [0.1, 0.15) is 35.2 Å². The van der Waals surface area contributed by atoms with E-state index in [4.69, 9.17) is 0 Å². The maximum absolute atomic E-state index is 13.0. The van der Waals surface area contributed by atoms with Gasteiger partial charge in [-0.1, -0.05) is 18.2 Å². The summed E-state index contributed by atoms with van der Waals surface area (Å²) < 4.78 is 0. The summed E-state index contributed by atoms with van der Waals surface area (Å²) in [5.41, 5.74) is 1.88. The Labute approximate surface area is 151 Å². The average Bonchev–Trinajstić information content (AvgIpc) is 3.18. The van der Waals surface area contributed by atoms with Crippen molar-refractivity contribution in [1.82, 2.24) is 15.2 Å². The van der Waals surface area contributed by atoms with Crippen molar-refractivity contribution in [2.45, 2.75) is 43.4 Å². The molecule has 3 atom stereocenters. The second-order valence-electron chi connectivity index (χ2n) is 7.39. The zero-order valence-electron chi connectivity index (χ0n) is 14.3. The number of carbonyl (C=O) groups is 2. The predicted molar refractivity (Wildman–Crippen MR) is 96.5 cm³/mol. The van der Waals surface area contributed by atoms with E-state index in [1.165, 1.54) is 0 Å². The monoisotopic (exact) mass is 348 g/mol. The first-order valence-electron chi connectivity index (χ1n) is 9.06. The molecule has 0 saturated carbocycles. The van der Waals surface area contributed by atoms with E-state index >= 15 is 0 Å². The third-order valence-corrected chi connectivity index (χ3v) is 5.86. The molecule has 26 heavy (non-hydrogen) atoms. The lowest BCUT2D eigenvalue weighted by Gasteiger charge is -2.43. The third kappa shape index (κ3) is 2.21. The minimum atomic E-state index is -0.557. The molecule has 1 spiro atoms. The van der Waals surface area contributed by atoms with E-state index in [0.29, 0.717) is 12.0 Å². The van der Waals surface area contributed by atoms with Crippen molar-refractivity contribution in [2.75, 3.05) is 5.32 Å². The molecule has 132 valence electrons. The first-order chi connectivity index (χ1) is 12.7. The van der Waals surface area contributed by atoms with Crippen molar-refractivity contribution in [2.24, 2.45) is 0 Å². The highest BCUT2D eigenvalue weighted by Crippen LogP contribution is 2.46. The number of nitrogens with zero attached hydrogens (tertiary/aromatic N) is 2. The number of carbonyl (C=O) groups excluding carboxylic acids is 2. The number of pyridine rings is 1. The molecule has 3 aliphatic rings. The van der Waals surface area contributed by atoms with Gasteiger partial charge in [-0.3, -0.25) is 14.6 Å². The molecule has 2 aromatic rings. The topological polar surface area (TPSA) is 74.3 Å². The van der Waals surface area contributed by atoms with Gasteiger partial charge in [-0.15, -0.1) is 0 Å². The highest BCUT2D eigenvalue weighted by molar-refractivity contribution is 6.02. The highest BCUT2D eigenvalue weighted by atomic mass is 16.2. The molecule has 3 aliphatic heterocycles. The van der Waals surface area contributed by atoms with Gasteiger partial charge in [0.25, 0.3) is 5.91 Å². The van der Waals surface area contributed by atoms with E-state index in [1.807, 2.05) is 41.3 Å². The van der Waals surface area contributed by atoms with Crippen LogP contribution in [-0.4, -0.2) is 39.4 Å². The average molecular weight is 348 g/mol. The SMILES string of the molecule is O=C1N[C@@]2(C[C@@H]3CC[C@@H]2N3C(=O)Cc2cccnc2)Nc2ccccc21. The van der Waals surface area contributed by atoms with Gasteiger partial charge in [0.05, 0.1) is 18.0 Å². The van der Waals surface area contributed by atoms with Gasteiger partial charge < -0.3 is 15.5 Å². The van der Waals surface area contributed by atoms with Crippen molar-refractivity contribution in [3.8, 4) is 0 Å². The molecule has 0 aliphatic carbocycles. The molecule has 2 fully saturated rings. The molecule has 2 amide bonds. The number of para-hydroxylation sites is 1. The Bertz CT molecular complexity index is 884. The molecule has 2 N–H and O–H groups in total. The number of anilines is 1. The molecule has 6 nitrogen and oxygen atoms in total. The van der Waals surface area contributed by atoms with E-state index in [1.54, 1.807) is 12.4 Å². The standard InChI is InChI=1S/C20H20N4O2/c25-18(10-13-4-3-9-21-12-13)24-14-7-8-17(24)20(11-14)22-16-6-2-1-5-15(16)19(26)23-20/h1-6,9,12,14,17,22H,7-8,10-11H2,(H,23,26)/t14-,17-,20+/m0/s1. The third-order valence-electron chi connectivity index (χ3n) is 5.86. The van der Waals surface area contributed by atoms with Gasteiger partial charge in [-0.05, 0) is 36.6 Å². The van der Waals surface area contributed by atoms with Gasteiger partial charge in [0, 0.05) is 30.5 Å². The predicted octanol–water partition coefficient (Wildman–Crippen LogP) is 1.94. The lowest BCUT2D eigenvalue weighted by atomic mass is 9.86. The summed E-state index contributed by atoms with van der Waals surface area (Å²) in [4.78, 5) is 31.7. The van der Waals surface area contributed by atoms with Gasteiger partial charge in [0.15, 0.2) is 0 Å². The zero-order valence-corrected chi connectivity index (χ0v) is 14.3. The molecule has 6 heteroatoms. The van der Waals surface area contributed by atoms with Crippen molar-refractivity contribution < 1.29 is 9.59 Å². The largest absolute Gasteiger partial charge is 0.360 e. The minimum absolute atomic E-state index is 0.0195. The van der Waals surface area contributed by atoms with Gasteiger partial charge in [0.2, 0.25) is 5.91 Å². The van der Waals surface area contributed by atoms with E-state index < -0.39 is 5.66 Å². The van der Waals surface area contributed by atoms with Gasteiger partial charge in [-0.2, -0.15) is 0 Å². The fraction of sp³-hybridized carbons (Fsp3) is 0.350. The lowest BCUT2D eigenvalue weighted by Crippen LogP contribution is -2.64. The Hall–Kier alpha value is -2.89. The summed E-state index contributed by atoms with van der Waals surface area (Å²) in [7, 11) is 0. The Balaban J connectivity index is 1.43.